The highest BCUT2D eigenvalue weighted by Gasteiger charge is 2.32. The van der Waals surface area contributed by atoms with Crippen LogP contribution < -0.4 is 0 Å². The van der Waals surface area contributed by atoms with E-state index in [9.17, 15) is 9.90 Å². The minimum atomic E-state index is -0.596. The summed E-state index contributed by atoms with van der Waals surface area (Å²) in [6, 6.07) is 7.64. The zero-order valence-electron chi connectivity index (χ0n) is 14.5. The molecule has 2 heterocycles. The smallest absolute Gasteiger partial charge is 0.254 e. The molecule has 5 nitrogen and oxygen atoms in total. The van der Waals surface area contributed by atoms with Crippen molar-refractivity contribution >= 4 is 5.91 Å². The Balaban J connectivity index is 1.60. The van der Waals surface area contributed by atoms with E-state index in [0.29, 0.717) is 18.8 Å². The van der Waals surface area contributed by atoms with Crippen LogP contribution in [0.1, 0.15) is 41.6 Å². The number of aliphatic hydroxyl groups excluding tert-OH is 1. The molecule has 1 aromatic rings. The van der Waals surface area contributed by atoms with Gasteiger partial charge in [-0.1, -0.05) is 25.0 Å². The van der Waals surface area contributed by atoms with Crippen LogP contribution in [0.4, 0.5) is 0 Å². The van der Waals surface area contributed by atoms with Gasteiger partial charge in [0.05, 0.1) is 25.4 Å². The van der Waals surface area contributed by atoms with Crippen LogP contribution in [0.15, 0.2) is 24.3 Å². The minimum Gasteiger partial charge on any atom is -0.388 e. The summed E-state index contributed by atoms with van der Waals surface area (Å²) < 4.78 is 5.24. The van der Waals surface area contributed by atoms with Crippen LogP contribution in [0.2, 0.25) is 0 Å². The average Bonchev–Trinajstić information content (AvgIpc) is 2.86. The maximum absolute atomic E-state index is 12.6. The molecule has 2 atom stereocenters. The number of likely N-dealkylation sites (N-methyl/N-ethyl adjacent to an activating group) is 1. The second-order valence-corrected chi connectivity index (χ2v) is 6.98. The fraction of sp³-hybridized carbons (Fsp3) is 0.632. The van der Waals surface area contributed by atoms with Gasteiger partial charge in [0.1, 0.15) is 0 Å². The van der Waals surface area contributed by atoms with Crippen LogP contribution in [0, 0.1) is 0 Å². The fourth-order valence-electron chi connectivity index (χ4n) is 3.56. The van der Waals surface area contributed by atoms with Crippen molar-refractivity contribution in [2.75, 3.05) is 33.4 Å². The van der Waals surface area contributed by atoms with Gasteiger partial charge in [0.15, 0.2) is 0 Å². The first-order valence-corrected chi connectivity index (χ1v) is 8.99. The number of carbonyl (C=O) groups is 1. The lowest BCUT2D eigenvalue weighted by Crippen LogP contribution is -2.44. The molecular weight excluding hydrogens is 304 g/mol. The van der Waals surface area contributed by atoms with Gasteiger partial charge in [-0.05, 0) is 43.6 Å². The Kier molecular flexibility index (Phi) is 5.87. The van der Waals surface area contributed by atoms with E-state index in [1.165, 1.54) is 44.3 Å². The Morgan fingerprint density at radius 3 is 2.42 bits per heavy atom. The fourth-order valence-corrected chi connectivity index (χ4v) is 3.56. The zero-order valence-corrected chi connectivity index (χ0v) is 14.5. The SMILES string of the molecule is CN(C(=O)c1ccc(CN2CCCCCC2)cc1)[C@H]1COC[C@@H]1O. The molecule has 2 aliphatic heterocycles. The molecule has 0 saturated carbocycles. The first-order valence-electron chi connectivity index (χ1n) is 8.99. The number of amides is 1. The molecule has 3 rings (SSSR count). The highest BCUT2D eigenvalue weighted by Crippen LogP contribution is 2.17. The molecule has 1 aromatic carbocycles. The maximum Gasteiger partial charge on any atom is 0.254 e. The van der Waals surface area contributed by atoms with E-state index in [1.54, 1.807) is 11.9 Å². The van der Waals surface area contributed by atoms with E-state index >= 15 is 0 Å². The third-order valence-corrected chi connectivity index (χ3v) is 5.14. The van der Waals surface area contributed by atoms with E-state index in [0.717, 1.165) is 6.54 Å². The van der Waals surface area contributed by atoms with Crippen LogP contribution in [-0.2, 0) is 11.3 Å². The molecule has 0 aliphatic carbocycles. The Bertz CT molecular complexity index is 538. The molecule has 2 fully saturated rings. The average molecular weight is 332 g/mol. The van der Waals surface area contributed by atoms with Crippen LogP contribution >= 0.6 is 0 Å². The standard InChI is InChI=1S/C19H28N2O3/c1-20(17-13-24-14-18(17)22)19(23)16-8-6-15(7-9-16)12-21-10-4-2-3-5-11-21/h6-9,17-18,22H,2-5,10-14H2,1H3/t17-,18-/m0/s1. The van der Waals surface area contributed by atoms with Gasteiger partial charge >= 0.3 is 0 Å². The molecule has 0 aromatic heterocycles. The van der Waals surface area contributed by atoms with Crippen molar-refractivity contribution in [2.24, 2.45) is 0 Å². The normalized spacial score (nSPS) is 25.4. The summed E-state index contributed by atoms with van der Waals surface area (Å²) in [5.74, 6) is -0.0640. The molecule has 2 aliphatic rings. The molecule has 0 bridgehead atoms. The van der Waals surface area contributed by atoms with Gasteiger partial charge in [-0.15, -0.1) is 0 Å². The van der Waals surface area contributed by atoms with Gasteiger partial charge in [-0.25, -0.2) is 0 Å². The van der Waals surface area contributed by atoms with E-state index in [-0.39, 0.29) is 11.9 Å². The minimum absolute atomic E-state index is 0.0640. The van der Waals surface area contributed by atoms with Crippen LogP contribution in [0.25, 0.3) is 0 Å². The van der Waals surface area contributed by atoms with Crippen molar-refractivity contribution in [1.82, 2.24) is 9.80 Å². The van der Waals surface area contributed by atoms with Crippen LogP contribution in [-0.4, -0.2) is 66.3 Å². The molecule has 0 unspecified atom stereocenters. The van der Waals surface area contributed by atoms with E-state index < -0.39 is 6.10 Å². The van der Waals surface area contributed by atoms with Gasteiger partial charge in [0, 0.05) is 19.2 Å². The number of hydrogen-bond donors (Lipinski definition) is 1. The molecule has 0 radical (unpaired) electrons. The van der Waals surface area contributed by atoms with E-state index in [1.807, 2.05) is 24.3 Å². The lowest BCUT2D eigenvalue weighted by molar-refractivity contribution is 0.0581. The van der Waals surface area contributed by atoms with Gasteiger partial charge in [0.2, 0.25) is 0 Å². The first-order chi connectivity index (χ1) is 11.6. The number of nitrogens with zero attached hydrogens (tertiary/aromatic N) is 2. The van der Waals surface area contributed by atoms with Crippen molar-refractivity contribution in [2.45, 2.75) is 44.4 Å². The molecular formula is C19H28N2O3. The van der Waals surface area contributed by atoms with Gasteiger partial charge in [0.25, 0.3) is 5.91 Å². The van der Waals surface area contributed by atoms with Crippen molar-refractivity contribution in [1.29, 1.82) is 0 Å². The van der Waals surface area contributed by atoms with Crippen molar-refractivity contribution < 1.29 is 14.6 Å². The highest BCUT2D eigenvalue weighted by atomic mass is 16.5. The van der Waals surface area contributed by atoms with Crippen LogP contribution in [0.5, 0.6) is 0 Å². The Morgan fingerprint density at radius 1 is 1.17 bits per heavy atom. The number of likely N-dealkylation sites (tertiary alicyclic amines) is 1. The van der Waals surface area contributed by atoms with Gasteiger partial charge < -0.3 is 14.7 Å². The second-order valence-electron chi connectivity index (χ2n) is 6.98. The van der Waals surface area contributed by atoms with E-state index in [4.69, 9.17) is 4.74 Å². The number of aliphatic hydroxyl groups is 1. The van der Waals surface area contributed by atoms with E-state index in [2.05, 4.69) is 4.90 Å². The summed E-state index contributed by atoms with van der Waals surface area (Å²) in [5, 5.41) is 9.88. The molecule has 1 N–H and O–H groups in total. The quantitative estimate of drug-likeness (QED) is 0.915. The first kappa shape index (κ1) is 17.4. The molecule has 132 valence electrons. The Hall–Kier alpha value is -1.43. The third kappa shape index (κ3) is 4.15. The summed E-state index contributed by atoms with van der Waals surface area (Å²) in [5.41, 5.74) is 1.91. The van der Waals surface area contributed by atoms with Gasteiger partial charge in [-0.3, -0.25) is 9.69 Å². The Labute approximate surface area is 144 Å². The summed E-state index contributed by atoms with van der Waals surface area (Å²) in [6.07, 6.45) is 4.65. The topological polar surface area (TPSA) is 53.0 Å². The summed E-state index contributed by atoms with van der Waals surface area (Å²) in [6.45, 7) is 4.00. The maximum atomic E-state index is 12.6. The monoisotopic (exact) mass is 332 g/mol. The molecule has 5 heteroatoms. The lowest BCUT2D eigenvalue weighted by atomic mass is 10.1. The van der Waals surface area contributed by atoms with Crippen molar-refractivity contribution in [3.8, 4) is 0 Å². The summed E-state index contributed by atoms with van der Waals surface area (Å²) in [7, 11) is 1.73. The lowest BCUT2D eigenvalue weighted by Gasteiger charge is -2.26. The molecule has 2 saturated heterocycles. The summed E-state index contributed by atoms with van der Waals surface area (Å²) in [4.78, 5) is 16.7. The zero-order chi connectivity index (χ0) is 16.9. The van der Waals surface area contributed by atoms with Gasteiger partial charge in [-0.2, -0.15) is 0 Å². The largest absolute Gasteiger partial charge is 0.388 e. The Morgan fingerprint density at radius 2 is 1.83 bits per heavy atom. The number of rotatable bonds is 4. The number of carbonyl (C=O) groups excluding carboxylic acids is 1. The number of ether oxygens (including phenoxy) is 1. The van der Waals surface area contributed by atoms with Crippen molar-refractivity contribution in [3.05, 3.63) is 35.4 Å². The third-order valence-electron chi connectivity index (χ3n) is 5.14. The van der Waals surface area contributed by atoms with Crippen molar-refractivity contribution in [3.63, 3.8) is 0 Å². The molecule has 0 spiro atoms. The highest BCUT2D eigenvalue weighted by molar-refractivity contribution is 5.94. The summed E-state index contributed by atoms with van der Waals surface area (Å²) >= 11 is 0. The van der Waals surface area contributed by atoms with Crippen LogP contribution in [0.3, 0.4) is 0 Å². The molecule has 24 heavy (non-hydrogen) atoms. The second kappa shape index (κ2) is 8.10. The number of benzene rings is 1. The predicted molar refractivity (Wildman–Crippen MR) is 92.9 cm³/mol. The predicted octanol–water partition coefficient (Wildman–Crippen LogP) is 1.89. The molecule has 1 amide bonds. The number of hydrogen-bond acceptors (Lipinski definition) is 4.